The molecule has 0 aliphatic heterocycles. The first-order chi connectivity index (χ1) is 8.00. The van der Waals surface area contributed by atoms with Crippen LogP contribution in [-0.2, 0) is 0 Å². The van der Waals surface area contributed by atoms with Crippen molar-refractivity contribution in [1.29, 1.82) is 0 Å². The van der Waals surface area contributed by atoms with Gasteiger partial charge in [0.05, 0.1) is 0 Å². The molecular weight excluding hydrogens is 284 g/mol. The monoisotopic (exact) mass is 300 g/mol. The van der Waals surface area contributed by atoms with Gasteiger partial charge < -0.3 is 10.3 Å². The first-order valence-electron chi connectivity index (χ1n) is 5.58. The van der Waals surface area contributed by atoms with E-state index in [1.807, 2.05) is 13.8 Å². The standard InChI is InChI=1S/C12H17BrN2O2/c1-3-12(2,7-8-13)15-11(17)9-5-4-6-10(16)14-9/h4-6H,3,7-8H2,1-2H3,(H,14,16)(H,15,17). The number of alkyl halides is 1. The van der Waals surface area contributed by atoms with Crippen molar-refractivity contribution in [2.45, 2.75) is 32.2 Å². The Hall–Kier alpha value is -1.10. The minimum absolute atomic E-state index is 0.243. The molecule has 1 unspecified atom stereocenters. The molecule has 0 aliphatic carbocycles. The zero-order valence-electron chi connectivity index (χ0n) is 10.0. The van der Waals surface area contributed by atoms with Gasteiger partial charge in [0.1, 0.15) is 5.69 Å². The Morgan fingerprint density at radius 3 is 2.76 bits per heavy atom. The SMILES string of the molecule is CCC(C)(CCBr)NC(=O)c1cccc(=O)[nH]1. The van der Waals surface area contributed by atoms with Crippen molar-refractivity contribution in [3.8, 4) is 0 Å². The highest BCUT2D eigenvalue weighted by atomic mass is 79.9. The van der Waals surface area contributed by atoms with E-state index in [0.717, 1.165) is 18.2 Å². The minimum atomic E-state index is -0.267. The molecule has 4 nitrogen and oxygen atoms in total. The van der Waals surface area contributed by atoms with E-state index in [9.17, 15) is 9.59 Å². The van der Waals surface area contributed by atoms with Gasteiger partial charge in [-0.15, -0.1) is 0 Å². The zero-order chi connectivity index (χ0) is 12.9. The number of rotatable bonds is 5. The van der Waals surface area contributed by atoms with Crippen LogP contribution in [0.4, 0.5) is 0 Å². The predicted molar refractivity (Wildman–Crippen MR) is 71.6 cm³/mol. The van der Waals surface area contributed by atoms with E-state index in [1.54, 1.807) is 12.1 Å². The van der Waals surface area contributed by atoms with Crippen molar-refractivity contribution in [2.75, 3.05) is 5.33 Å². The van der Waals surface area contributed by atoms with Gasteiger partial charge in [-0.05, 0) is 25.8 Å². The second-order valence-corrected chi connectivity index (χ2v) is 5.03. The van der Waals surface area contributed by atoms with Crippen molar-refractivity contribution < 1.29 is 4.79 Å². The third-order valence-electron chi connectivity index (χ3n) is 2.85. The number of carbonyl (C=O) groups excluding carboxylic acids is 1. The molecule has 0 bridgehead atoms. The summed E-state index contributed by atoms with van der Waals surface area (Å²) in [5.74, 6) is -0.243. The van der Waals surface area contributed by atoms with Gasteiger partial charge in [0.15, 0.2) is 0 Å². The number of amides is 1. The van der Waals surface area contributed by atoms with E-state index in [4.69, 9.17) is 0 Å². The summed E-state index contributed by atoms with van der Waals surface area (Å²) < 4.78 is 0. The topological polar surface area (TPSA) is 62.0 Å². The van der Waals surface area contributed by atoms with Crippen LogP contribution in [0, 0.1) is 0 Å². The molecule has 1 aromatic heterocycles. The van der Waals surface area contributed by atoms with E-state index in [0.29, 0.717) is 5.69 Å². The second-order valence-electron chi connectivity index (χ2n) is 4.24. The number of hydrogen-bond donors (Lipinski definition) is 2. The molecule has 2 N–H and O–H groups in total. The number of aromatic amines is 1. The highest BCUT2D eigenvalue weighted by Crippen LogP contribution is 2.16. The van der Waals surface area contributed by atoms with Gasteiger partial charge in [-0.3, -0.25) is 9.59 Å². The van der Waals surface area contributed by atoms with Crippen LogP contribution in [0.3, 0.4) is 0 Å². The molecule has 94 valence electrons. The quantitative estimate of drug-likeness (QED) is 0.818. The molecule has 1 aromatic rings. The summed E-state index contributed by atoms with van der Waals surface area (Å²) in [4.78, 5) is 25.6. The fraction of sp³-hybridized carbons (Fsp3) is 0.500. The maximum absolute atomic E-state index is 11.9. The normalized spacial score (nSPS) is 14.1. The summed E-state index contributed by atoms with van der Waals surface area (Å²) in [5, 5.41) is 3.77. The van der Waals surface area contributed by atoms with Crippen molar-refractivity contribution in [2.24, 2.45) is 0 Å². The van der Waals surface area contributed by atoms with Crippen molar-refractivity contribution in [3.63, 3.8) is 0 Å². The Labute approximate surface area is 109 Å². The number of nitrogens with one attached hydrogen (secondary N) is 2. The van der Waals surface area contributed by atoms with E-state index in [1.165, 1.54) is 6.07 Å². The van der Waals surface area contributed by atoms with Crippen LogP contribution in [0.1, 0.15) is 37.2 Å². The van der Waals surface area contributed by atoms with Crippen molar-refractivity contribution in [3.05, 3.63) is 34.2 Å². The molecule has 1 rings (SSSR count). The summed E-state index contributed by atoms with van der Waals surface area (Å²) in [6.07, 6.45) is 1.67. The average molecular weight is 301 g/mol. The lowest BCUT2D eigenvalue weighted by Gasteiger charge is -2.28. The third-order valence-corrected chi connectivity index (χ3v) is 3.25. The summed E-state index contributed by atoms with van der Waals surface area (Å²) in [5.41, 5.74) is -0.226. The summed E-state index contributed by atoms with van der Waals surface area (Å²) in [7, 11) is 0. The minimum Gasteiger partial charge on any atom is -0.346 e. The Morgan fingerprint density at radius 2 is 2.24 bits per heavy atom. The predicted octanol–water partition coefficient (Wildman–Crippen LogP) is 2.06. The Balaban J connectivity index is 2.81. The molecular formula is C12H17BrN2O2. The lowest BCUT2D eigenvalue weighted by molar-refractivity contribution is 0.0896. The Morgan fingerprint density at radius 1 is 1.53 bits per heavy atom. The lowest BCUT2D eigenvalue weighted by atomic mass is 9.95. The van der Waals surface area contributed by atoms with E-state index < -0.39 is 0 Å². The van der Waals surface area contributed by atoms with Crippen molar-refractivity contribution in [1.82, 2.24) is 10.3 Å². The third kappa shape index (κ3) is 4.00. The van der Waals surface area contributed by atoms with Crippen LogP contribution >= 0.6 is 15.9 Å². The van der Waals surface area contributed by atoms with Crippen molar-refractivity contribution >= 4 is 21.8 Å². The molecule has 0 aromatic carbocycles. The van der Waals surface area contributed by atoms with Crippen LogP contribution in [0.15, 0.2) is 23.0 Å². The maximum Gasteiger partial charge on any atom is 0.268 e. The highest BCUT2D eigenvalue weighted by molar-refractivity contribution is 9.09. The number of aromatic nitrogens is 1. The molecule has 1 heterocycles. The van der Waals surface area contributed by atoms with E-state index >= 15 is 0 Å². The molecule has 1 atom stereocenters. The smallest absolute Gasteiger partial charge is 0.268 e. The number of hydrogen-bond acceptors (Lipinski definition) is 2. The van der Waals surface area contributed by atoms with Gasteiger partial charge in [0.25, 0.3) is 5.91 Å². The fourth-order valence-corrected chi connectivity index (χ4v) is 2.33. The van der Waals surface area contributed by atoms with Gasteiger partial charge >= 0.3 is 0 Å². The Bertz CT molecular complexity index is 444. The molecule has 0 saturated heterocycles. The van der Waals surface area contributed by atoms with Crippen LogP contribution < -0.4 is 10.9 Å². The molecule has 0 radical (unpaired) electrons. The maximum atomic E-state index is 11.9. The number of pyridine rings is 1. The molecule has 0 spiro atoms. The fourth-order valence-electron chi connectivity index (χ4n) is 1.46. The second kappa shape index (κ2) is 6.00. The van der Waals surface area contributed by atoms with Crippen LogP contribution in [0.2, 0.25) is 0 Å². The van der Waals surface area contributed by atoms with Gasteiger partial charge in [-0.2, -0.15) is 0 Å². The lowest BCUT2D eigenvalue weighted by Crippen LogP contribution is -2.46. The van der Waals surface area contributed by atoms with Crippen LogP contribution in [-0.4, -0.2) is 21.8 Å². The molecule has 0 aliphatic rings. The summed E-state index contributed by atoms with van der Waals surface area (Å²) in [6.45, 7) is 4.02. The van der Waals surface area contributed by atoms with E-state index in [-0.39, 0.29) is 17.0 Å². The molecule has 5 heteroatoms. The Kier molecular flexibility index (Phi) is 4.93. The molecule has 0 fully saturated rings. The molecule has 0 saturated carbocycles. The first kappa shape index (κ1) is 14.0. The first-order valence-corrected chi connectivity index (χ1v) is 6.71. The van der Waals surface area contributed by atoms with E-state index in [2.05, 4.69) is 26.2 Å². The number of halogens is 1. The summed E-state index contributed by atoms with van der Waals surface area (Å²) >= 11 is 3.37. The molecule has 17 heavy (non-hydrogen) atoms. The van der Waals surface area contributed by atoms with Gasteiger partial charge in [-0.25, -0.2) is 0 Å². The van der Waals surface area contributed by atoms with Gasteiger partial charge in [-0.1, -0.05) is 28.9 Å². The largest absolute Gasteiger partial charge is 0.346 e. The van der Waals surface area contributed by atoms with Gasteiger partial charge in [0, 0.05) is 16.9 Å². The van der Waals surface area contributed by atoms with Crippen LogP contribution in [0.5, 0.6) is 0 Å². The average Bonchev–Trinajstić information content (AvgIpc) is 2.29. The summed E-state index contributed by atoms with van der Waals surface area (Å²) in [6, 6.07) is 4.55. The highest BCUT2D eigenvalue weighted by Gasteiger charge is 2.24. The molecule has 1 amide bonds. The zero-order valence-corrected chi connectivity index (χ0v) is 11.6. The van der Waals surface area contributed by atoms with Crippen LogP contribution in [0.25, 0.3) is 0 Å². The van der Waals surface area contributed by atoms with Gasteiger partial charge in [0.2, 0.25) is 5.56 Å². The number of carbonyl (C=O) groups is 1. The number of H-pyrrole nitrogens is 1.